The number of benzene rings is 3. The zero-order valence-corrected chi connectivity index (χ0v) is 20.3. The van der Waals surface area contributed by atoms with Gasteiger partial charge in [-0.1, -0.05) is 83.3 Å². The van der Waals surface area contributed by atoms with Gasteiger partial charge in [-0.2, -0.15) is 10.2 Å². The summed E-state index contributed by atoms with van der Waals surface area (Å²) in [4.78, 5) is 12.4. The number of anilines is 1. The molecule has 1 atom stereocenters. The van der Waals surface area contributed by atoms with Gasteiger partial charge in [0.25, 0.3) is 0 Å². The van der Waals surface area contributed by atoms with Crippen LogP contribution >= 0.6 is 47.0 Å². The molecule has 0 heterocycles. The summed E-state index contributed by atoms with van der Waals surface area (Å²) in [7, 11) is 0. The fraction of sp³-hybridized carbons (Fsp3) is 0.130. The number of alkyl halides is 3. The molecule has 1 amide bonds. The Labute approximate surface area is 212 Å². The molecule has 0 bridgehead atoms. The van der Waals surface area contributed by atoms with E-state index >= 15 is 0 Å². The highest BCUT2D eigenvalue weighted by Gasteiger charge is 2.34. The zero-order chi connectivity index (χ0) is 23.7. The average molecular weight is 521 g/mol. The quantitative estimate of drug-likeness (QED) is 0.145. The summed E-state index contributed by atoms with van der Waals surface area (Å²) in [6, 6.07) is 25.8. The predicted molar refractivity (Wildman–Crippen MR) is 139 cm³/mol. The minimum atomic E-state index is -1.83. The molecule has 0 radical (unpaired) electrons. The Morgan fingerprint density at radius 2 is 1.36 bits per heavy atom. The van der Waals surface area contributed by atoms with Crippen LogP contribution in [0, 0.1) is 0 Å². The first-order valence-corrected chi connectivity index (χ1v) is 11.4. The van der Waals surface area contributed by atoms with Crippen molar-refractivity contribution in [2.24, 2.45) is 10.2 Å². The van der Waals surface area contributed by atoms with Crippen molar-refractivity contribution >= 4 is 75.1 Å². The summed E-state index contributed by atoms with van der Waals surface area (Å²) in [5, 5.41) is 17.0. The van der Waals surface area contributed by atoms with Gasteiger partial charge in [0.1, 0.15) is 6.17 Å². The van der Waals surface area contributed by atoms with Crippen LogP contribution in [0.5, 0.6) is 0 Å². The summed E-state index contributed by atoms with van der Waals surface area (Å²) in [6.45, 7) is 0. The maximum absolute atomic E-state index is 12.4. The summed E-state index contributed by atoms with van der Waals surface area (Å²) in [5.41, 5.74) is 2.96. The maximum Gasteiger partial charge on any atom is 0.228 e. The number of amides is 1. The number of hydrogen-bond donors (Lipinski definition) is 3. The van der Waals surface area contributed by atoms with E-state index in [-0.39, 0.29) is 17.4 Å². The second-order valence-corrected chi connectivity index (χ2v) is 9.66. The van der Waals surface area contributed by atoms with Gasteiger partial charge in [-0.3, -0.25) is 4.79 Å². The molecule has 170 valence electrons. The Kier molecular flexibility index (Phi) is 9.03. The van der Waals surface area contributed by atoms with Gasteiger partial charge in [0.2, 0.25) is 9.70 Å². The molecular weight excluding hydrogens is 501 g/mol. The minimum Gasteiger partial charge on any atom is -0.339 e. The summed E-state index contributed by atoms with van der Waals surface area (Å²) < 4.78 is -1.83. The van der Waals surface area contributed by atoms with Gasteiger partial charge in [-0.05, 0) is 54.2 Å². The molecule has 3 aromatic carbocycles. The largest absolute Gasteiger partial charge is 0.339 e. The Morgan fingerprint density at radius 3 is 1.94 bits per heavy atom. The molecular formula is C23H20Cl3N5OS. The number of nitrogens with zero attached hydrogens (tertiary/aromatic N) is 2. The molecule has 0 aliphatic rings. The molecule has 3 N–H and O–H groups in total. The lowest BCUT2D eigenvalue weighted by Crippen LogP contribution is -2.56. The highest BCUT2D eigenvalue weighted by molar-refractivity contribution is 7.80. The average Bonchev–Trinajstić information content (AvgIpc) is 2.79. The lowest BCUT2D eigenvalue weighted by atomic mass is 10.1. The van der Waals surface area contributed by atoms with Gasteiger partial charge in [0, 0.05) is 5.69 Å². The van der Waals surface area contributed by atoms with Crippen LogP contribution in [0.15, 0.2) is 95.2 Å². The van der Waals surface area contributed by atoms with E-state index in [4.69, 9.17) is 47.0 Å². The smallest absolute Gasteiger partial charge is 0.228 e. The number of hydrogen-bond acceptors (Lipinski definition) is 4. The number of carbonyl (C=O) groups excluding carboxylic acids is 1. The van der Waals surface area contributed by atoms with Gasteiger partial charge in [0.05, 0.1) is 17.8 Å². The normalized spacial score (nSPS) is 12.2. The first kappa shape index (κ1) is 24.9. The lowest BCUT2D eigenvalue weighted by molar-refractivity contribution is -0.121. The van der Waals surface area contributed by atoms with E-state index in [1.165, 1.54) is 0 Å². The third-order valence-corrected chi connectivity index (χ3v) is 5.15. The fourth-order valence-corrected chi connectivity index (χ4v) is 3.28. The van der Waals surface area contributed by atoms with Crippen molar-refractivity contribution in [3.05, 3.63) is 90.5 Å². The van der Waals surface area contributed by atoms with Crippen LogP contribution in [0.2, 0.25) is 0 Å². The Morgan fingerprint density at radius 1 is 0.818 bits per heavy atom. The molecule has 10 heteroatoms. The first-order valence-electron chi connectivity index (χ1n) is 9.84. The Bertz CT molecular complexity index is 1090. The molecule has 0 aromatic heterocycles. The monoisotopic (exact) mass is 519 g/mol. The van der Waals surface area contributed by atoms with Crippen molar-refractivity contribution in [3.63, 3.8) is 0 Å². The second-order valence-electron chi connectivity index (χ2n) is 6.89. The van der Waals surface area contributed by atoms with Crippen LogP contribution in [-0.2, 0) is 11.2 Å². The summed E-state index contributed by atoms with van der Waals surface area (Å²) in [5.74, 6) is -0.319. The van der Waals surface area contributed by atoms with Gasteiger partial charge in [-0.15, -0.1) is 0 Å². The first-order chi connectivity index (χ1) is 15.8. The van der Waals surface area contributed by atoms with Crippen molar-refractivity contribution < 1.29 is 4.79 Å². The lowest BCUT2D eigenvalue weighted by Gasteiger charge is -2.27. The van der Waals surface area contributed by atoms with Crippen molar-refractivity contribution in [1.82, 2.24) is 10.6 Å². The topological polar surface area (TPSA) is 77.9 Å². The van der Waals surface area contributed by atoms with Gasteiger partial charge < -0.3 is 16.0 Å². The second kappa shape index (κ2) is 12.0. The standard InChI is InChI=1S/C23H20Cl3N5OS/c24-23(25,26)21(28-20(32)15-16-7-3-1-4-8-16)29-22(33)27-17-11-13-19(14-12-17)31-30-18-9-5-2-6-10-18/h1-14,21H,15H2,(H,28,32)(H2,27,29,33)/t21-/m0/s1. The molecule has 0 aliphatic heterocycles. The van der Waals surface area contributed by atoms with Crippen LogP contribution < -0.4 is 16.0 Å². The molecule has 33 heavy (non-hydrogen) atoms. The number of rotatable bonds is 7. The Hall–Kier alpha value is -2.71. The molecule has 0 unspecified atom stereocenters. The highest BCUT2D eigenvalue weighted by Crippen LogP contribution is 2.29. The maximum atomic E-state index is 12.4. The van der Waals surface area contributed by atoms with E-state index in [1.54, 1.807) is 24.3 Å². The van der Waals surface area contributed by atoms with E-state index in [9.17, 15) is 4.79 Å². The number of halogens is 3. The molecule has 6 nitrogen and oxygen atoms in total. The van der Waals surface area contributed by atoms with Crippen LogP contribution in [0.4, 0.5) is 17.1 Å². The highest BCUT2D eigenvalue weighted by atomic mass is 35.6. The molecule has 0 saturated heterocycles. The third-order valence-electron chi connectivity index (χ3n) is 4.28. The minimum absolute atomic E-state index is 0.138. The van der Waals surface area contributed by atoms with Crippen molar-refractivity contribution in [2.75, 3.05) is 5.32 Å². The zero-order valence-electron chi connectivity index (χ0n) is 17.2. The van der Waals surface area contributed by atoms with Crippen LogP contribution in [0.3, 0.4) is 0 Å². The predicted octanol–water partition coefficient (Wildman–Crippen LogP) is 6.44. The number of nitrogens with one attached hydrogen (secondary N) is 3. The van der Waals surface area contributed by atoms with Gasteiger partial charge in [0.15, 0.2) is 5.11 Å². The van der Waals surface area contributed by atoms with Crippen LogP contribution in [0.1, 0.15) is 5.56 Å². The van der Waals surface area contributed by atoms with Gasteiger partial charge in [-0.25, -0.2) is 0 Å². The van der Waals surface area contributed by atoms with Crippen molar-refractivity contribution in [1.29, 1.82) is 0 Å². The fourth-order valence-electron chi connectivity index (χ4n) is 2.71. The molecule has 0 saturated carbocycles. The van der Waals surface area contributed by atoms with Crippen molar-refractivity contribution in [3.8, 4) is 0 Å². The third kappa shape index (κ3) is 8.63. The molecule has 0 fully saturated rings. The number of carbonyl (C=O) groups is 1. The molecule has 3 rings (SSSR count). The number of thiocarbonyl (C=S) groups is 1. The van der Waals surface area contributed by atoms with E-state index in [2.05, 4.69) is 26.2 Å². The van der Waals surface area contributed by atoms with Crippen LogP contribution in [-0.4, -0.2) is 21.0 Å². The Balaban J connectivity index is 1.56. The molecule has 0 spiro atoms. The van der Waals surface area contributed by atoms with Crippen LogP contribution in [0.25, 0.3) is 0 Å². The molecule has 0 aliphatic carbocycles. The number of azo groups is 1. The van der Waals surface area contributed by atoms with Gasteiger partial charge >= 0.3 is 0 Å². The summed E-state index contributed by atoms with van der Waals surface area (Å²) in [6.07, 6.45) is -0.906. The van der Waals surface area contributed by atoms with E-state index < -0.39 is 9.96 Å². The van der Waals surface area contributed by atoms with E-state index in [1.807, 2.05) is 60.7 Å². The van der Waals surface area contributed by atoms with E-state index in [0.717, 1.165) is 11.3 Å². The SMILES string of the molecule is O=C(Cc1ccccc1)N[C@@H](NC(=S)Nc1ccc(N=Nc2ccccc2)cc1)C(Cl)(Cl)Cl. The van der Waals surface area contributed by atoms with Crippen molar-refractivity contribution in [2.45, 2.75) is 16.4 Å². The van der Waals surface area contributed by atoms with E-state index in [0.29, 0.717) is 11.4 Å². The summed E-state index contributed by atoms with van der Waals surface area (Å²) >= 11 is 23.4. The molecule has 3 aromatic rings.